The maximum atomic E-state index is 9.17. The lowest BCUT2D eigenvalue weighted by molar-refractivity contribution is 0.415. The van der Waals surface area contributed by atoms with Crippen LogP contribution in [0, 0.1) is 0 Å². The van der Waals surface area contributed by atoms with Crippen LogP contribution < -0.4 is 20.4 Å². The van der Waals surface area contributed by atoms with Gasteiger partial charge in [-0.1, -0.05) is 24.3 Å². The molecular formula is C18H21BN4O3. The van der Waals surface area contributed by atoms with Crippen LogP contribution in [0.15, 0.2) is 42.5 Å². The second-order valence-electron chi connectivity index (χ2n) is 6.12. The summed E-state index contributed by atoms with van der Waals surface area (Å²) >= 11 is 0. The molecule has 26 heavy (non-hydrogen) atoms. The number of aromatic nitrogens is 2. The summed E-state index contributed by atoms with van der Waals surface area (Å²) in [5, 5.41) is 22.6. The van der Waals surface area contributed by atoms with E-state index >= 15 is 0 Å². The molecule has 0 aliphatic heterocycles. The van der Waals surface area contributed by atoms with Crippen molar-refractivity contribution in [1.29, 1.82) is 0 Å². The fourth-order valence-corrected chi connectivity index (χ4v) is 2.55. The van der Waals surface area contributed by atoms with Gasteiger partial charge in [0.05, 0.1) is 12.6 Å². The van der Waals surface area contributed by atoms with Crippen molar-refractivity contribution in [2.45, 2.75) is 6.54 Å². The van der Waals surface area contributed by atoms with Gasteiger partial charge in [-0.15, -0.1) is 0 Å². The van der Waals surface area contributed by atoms with Gasteiger partial charge in [0.25, 0.3) is 0 Å². The fourth-order valence-electron chi connectivity index (χ4n) is 2.55. The Labute approximate surface area is 152 Å². The van der Waals surface area contributed by atoms with Crippen LogP contribution in [0.3, 0.4) is 0 Å². The number of methoxy groups -OCH3 is 1. The quantitative estimate of drug-likeness (QED) is 0.570. The molecule has 3 aromatic rings. The van der Waals surface area contributed by atoms with Crippen molar-refractivity contribution in [3.63, 3.8) is 0 Å². The highest BCUT2D eigenvalue weighted by Crippen LogP contribution is 2.26. The van der Waals surface area contributed by atoms with Crippen molar-refractivity contribution < 1.29 is 14.8 Å². The predicted octanol–water partition coefficient (Wildman–Crippen LogP) is 0.996. The van der Waals surface area contributed by atoms with E-state index in [-0.39, 0.29) is 0 Å². The molecular weight excluding hydrogens is 331 g/mol. The number of ether oxygens (including phenoxy) is 1. The molecule has 0 fully saturated rings. The molecule has 2 aromatic carbocycles. The van der Waals surface area contributed by atoms with E-state index in [1.807, 2.05) is 49.3 Å². The van der Waals surface area contributed by atoms with Crippen LogP contribution in [0.25, 0.3) is 10.9 Å². The second-order valence-corrected chi connectivity index (χ2v) is 6.12. The molecule has 0 amide bonds. The zero-order valence-corrected chi connectivity index (χ0v) is 15.0. The van der Waals surface area contributed by atoms with Gasteiger partial charge in [0.2, 0.25) is 5.95 Å². The third kappa shape index (κ3) is 3.87. The van der Waals surface area contributed by atoms with E-state index in [2.05, 4.69) is 15.3 Å². The van der Waals surface area contributed by atoms with Crippen molar-refractivity contribution in [2.24, 2.45) is 0 Å². The van der Waals surface area contributed by atoms with Gasteiger partial charge < -0.3 is 25.0 Å². The normalized spacial score (nSPS) is 10.7. The van der Waals surface area contributed by atoms with Crippen LogP contribution in [-0.4, -0.2) is 48.3 Å². The number of hydrogen-bond donors (Lipinski definition) is 3. The van der Waals surface area contributed by atoms with Gasteiger partial charge in [0, 0.05) is 32.1 Å². The zero-order chi connectivity index (χ0) is 18.7. The average molecular weight is 352 g/mol. The van der Waals surface area contributed by atoms with Crippen molar-refractivity contribution >= 4 is 35.3 Å². The molecule has 0 aliphatic rings. The van der Waals surface area contributed by atoms with Gasteiger partial charge in [0.15, 0.2) is 0 Å². The standard InChI is InChI=1S/C18H21BN4O3/c1-23(2)18-21-16-10-14(26-3)8-9-15(16)17(22-18)20-11-12-4-6-13(7-5-12)19(24)25/h4-10,24-25H,11H2,1-3H3,(H,20,21,22). The molecule has 0 aliphatic carbocycles. The van der Waals surface area contributed by atoms with Crippen molar-refractivity contribution in [2.75, 3.05) is 31.4 Å². The minimum absolute atomic E-state index is 0.461. The third-order valence-corrected chi connectivity index (χ3v) is 4.03. The molecule has 0 bridgehead atoms. The largest absolute Gasteiger partial charge is 0.497 e. The monoisotopic (exact) mass is 352 g/mol. The van der Waals surface area contributed by atoms with Gasteiger partial charge in [-0.05, 0) is 23.2 Å². The van der Waals surface area contributed by atoms with Crippen LogP contribution >= 0.6 is 0 Å². The summed E-state index contributed by atoms with van der Waals surface area (Å²) in [6.07, 6.45) is 0. The van der Waals surface area contributed by atoms with E-state index in [0.717, 1.165) is 28.0 Å². The number of fused-ring (bicyclic) bond motifs is 1. The lowest BCUT2D eigenvalue weighted by atomic mass is 9.80. The summed E-state index contributed by atoms with van der Waals surface area (Å²) in [6, 6.07) is 12.8. The van der Waals surface area contributed by atoms with Crippen LogP contribution in [0.4, 0.5) is 11.8 Å². The molecule has 1 heterocycles. The highest BCUT2D eigenvalue weighted by molar-refractivity contribution is 6.58. The highest BCUT2D eigenvalue weighted by Gasteiger charge is 2.12. The first-order valence-corrected chi connectivity index (χ1v) is 8.20. The van der Waals surface area contributed by atoms with Crippen molar-refractivity contribution in [3.8, 4) is 5.75 Å². The Morgan fingerprint density at radius 3 is 2.42 bits per heavy atom. The van der Waals surface area contributed by atoms with Crippen LogP contribution in [0.2, 0.25) is 0 Å². The van der Waals surface area contributed by atoms with E-state index < -0.39 is 7.12 Å². The Bertz CT molecular complexity index is 901. The van der Waals surface area contributed by atoms with Crippen molar-refractivity contribution in [1.82, 2.24) is 9.97 Å². The number of nitrogens with zero attached hydrogens (tertiary/aromatic N) is 3. The molecule has 3 N–H and O–H groups in total. The molecule has 7 nitrogen and oxygen atoms in total. The van der Waals surface area contributed by atoms with Crippen LogP contribution in [0.1, 0.15) is 5.56 Å². The summed E-state index contributed by atoms with van der Waals surface area (Å²) in [5.74, 6) is 2.07. The molecule has 8 heteroatoms. The summed E-state index contributed by atoms with van der Waals surface area (Å²) in [6.45, 7) is 0.548. The first kappa shape index (κ1) is 18.0. The molecule has 1 aromatic heterocycles. The van der Waals surface area contributed by atoms with E-state index in [0.29, 0.717) is 18.0 Å². The maximum absolute atomic E-state index is 9.17. The van der Waals surface area contributed by atoms with Crippen molar-refractivity contribution in [3.05, 3.63) is 48.0 Å². The Morgan fingerprint density at radius 2 is 1.81 bits per heavy atom. The third-order valence-electron chi connectivity index (χ3n) is 4.03. The Hall–Kier alpha value is -2.84. The van der Waals surface area contributed by atoms with Crippen LogP contribution in [-0.2, 0) is 6.54 Å². The average Bonchev–Trinajstić information content (AvgIpc) is 2.65. The lowest BCUT2D eigenvalue weighted by Gasteiger charge is -2.15. The fraction of sp³-hybridized carbons (Fsp3) is 0.222. The number of benzene rings is 2. The van der Waals surface area contributed by atoms with E-state index in [1.54, 1.807) is 19.2 Å². The van der Waals surface area contributed by atoms with E-state index in [1.165, 1.54) is 0 Å². The smallest absolute Gasteiger partial charge is 0.488 e. The second kappa shape index (κ2) is 7.59. The number of nitrogens with one attached hydrogen (secondary N) is 1. The molecule has 0 spiro atoms. The Morgan fingerprint density at radius 1 is 1.08 bits per heavy atom. The SMILES string of the molecule is COc1ccc2c(NCc3ccc(B(O)O)cc3)nc(N(C)C)nc2c1. The maximum Gasteiger partial charge on any atom is 0.488 e. The predicted molar refractivity (Wildman–Crippen MR) is 104 cm³/mol. The van der Waals surface area contributed by atoms with Gasteiger partial charge >= 0.3 is 7.12 Å². The Balaban J connectivity index is 1.90. The van der Waals surface area contributed by atoms with Crippen LogP contribution in [0.5, 0.6) is 5.75 Å². The summed E-state index contributed by atoms with van der Waals surface area (Å²) < 4.78 is 5.29. The van der Waals surface area contributed by atoms with Gasteiger partial charge in [0.1, 0.15) is 11.6 Å². The van der Waals surface area contributed by atoms with E-state index in [4.69, 9.17) is 4.74 Å². The molecule has 0 radical (unpaired) electrons. The molecule has 0 unspecified atom stereocenters. The molecule has 134 valence electrons. The van der Waals surface area contributed by atoms with Gasteiger partial charge in [-0.2, -0.15) is 4.98 Å². The molecule has 0 saturated carbocycles. The summed E-state index contributed by atoms with van der Waals surface area (Å²) in [7, 11) is 3.95. The summed E-state index contributed by atoms with van der Waals surface area (Å²) in [4.78, 5) is 11.0. The first-order chi connectivity index (χ1) is 12.5. The zero-order valence-electron chi connectivity index (χ0n) is 15.0. The lowest BCUT2D eigenvalue weighted by Crippen LogP contribution is -2.29. The minimum Gasteiger partial charge on any atom is -0.497 e. The van der Waals surface area contributed by atoms with E-state index in [9.17, 15) is 10.0 Å². The summed E-state index contributed by atoms with van der Waals surface area (Å²) in [5.41, 5.74) is 2.26. The first-order valence-electron chi connectivity index (χ1n) is 8.20. The topological polar surface area (TPSA) is 90.7 Å². The number of anilines is 2. The molecule has 0 atom stereocenters. The molecule has 0 saturated heterocycles. The van der Waals surface area contributed by atoms with Gasteiger partial charge in [-0.3, -0.25) is 0 Å². The number of rotatable bonds is 6. The van der Waals surface area contributed by atoms with Gasteiger partial charge in [-0.25, -0.2) is 4.98 Å². The highest BCUT2D eigenvalue weighted by atomic mass is 16.5. The number of hydrogen-bond acceptors (Lipinski definition) is 7. The molecule has 3 rings (SSSR count). The Kier molecular flexibility index (Phi) is 5.25. The minimum atomic E-state index is -1.46.